The Hall–Kier alpha value is -8.12. The second kappa shape index (κ2) is 59.7. The van der Waals surface area contributed by atoms with Crippen LogP contribution in [0.15, 0.2) is 291 Å². The minimum atomic E-state index is -0.192. The predicted octanol–water partition coefficient (Wildman–Crippen LogP) is 12.4. The van der Waals surface area contributed by atoms with Crippen LogP contribution in [0.3, 0.4) is 0 Å². The van der Waals surface area contributed by atoms with Gasteiger partial charge in [-0.3, -0.25) is 24.2 Å². The summed E-state index contributed by atoms with van der Waals surface area (Å²) in [5.74, 6) is 7.13. The molecule has 0 saturated heterocycles. The van der Waals surface area contributed by atoms with Crippen LogP contribution >= 0.6 is 0 Å². The van der Waals surface area contributed by atoms with Crippen LogP contribution in [-0.4, -0.2) is 72.7 Å². The predicted molar refractivity (Wildman–Crippen MR) is 500 cm³/mol. The fraction of sp³-hybridized carbons (Fsp3) is 0.255. The molecule has 3 N–H and O–H groups in total. The number of rotatable bonds is 18. The zero-order valence-corrected chi connectivity index (χ0v) is 91.2. The summed E-state index contributed by atoms with van der Waals surface area (Å²) >= 11 is 0. The van der Waals surface area contributed by atoms with Gasteiger partial charge in [0, 0.05) is 66.0 Å². The number of ketones is 1. The Bertz CT molecular complexity index is 5510. The van der Waals surface area contributed by atoms with Crippen molar-refractivity contribution < 1.29 is 257 Å². The minimum absolute atomic E-state index is 0. The van der Waals surface area contributed by atoms with Crippen LogP contribution in [-0.2, 0) is 28.3 Å². The SMILES string of the molecule is C.CC(=O)c1cc(Oc2ccc(NC(=O)c3cc[c-]cc3)cc2)ccn1.CC(C)(C)c1c[c-]no1.CC(C)(C)c1c[c-]no1.CC(C)(C)c1c[c-]no1.CC(C)(C)c1c[c-]no1.Cc1cc(C)nc(N(C)c2ccc(C(=O)Nc3cc[c-]cc3)cc2)n1.O=C(Nc1ccc(OCC2CCC2)cc1)c1cc[c-]cc1.[K+].[K+].[K+].[K+].[c-]1ccc(OCc2ccc(-c3ccccc3)cc2)cc1. The van der Waals surface area contributed by atoms with E-state index in [1.54, 1.807) is 146 Å². The summed E-state index contributed by atoms with van der Waals surface area (Å²) < 4.78 is 36.7. The van der Waals surface area contributed by atoms with Crippen LogP contribution in [0.25, 0.3) is 11.1 Å². The summed E-state index contributed by atoms with van der Waals surface area (Å²) in [4.78, 5) is 62.5. The quantitative estimate of drug-likeness (QED) is 0.0409. The molecule has 1 aliphatic rings. The second-order valence-electron chi connectivity index (χ2n) is 33.3. The van der Waals surface area contributed by atoms with Crippen LogP contribution < -0.4 is 241 Å². The van der Waals surface area contributed by atoms with Crippen molar-refractivity contribution in [3.05, 3.63) is 385 Å². The summed E-state index contributed by atoms with van der Waals surface area (Å²) in [5.41, 5.74) is 10.9. The number of aryl methyl sites for hydroxylation is 2. The molecule has 132 heavy (non-hydrogen) atoms. The molecule has 0 bridgehead atoms. The summed E-state index contributed by atoms with van der Waals surface area (Å²) in [7, 11) is 1.91. The number of nitrogens with zero attached hydrogens (tertiary/aromatic N) is 8. The number of hydrogen-bond acceptors (Lipinski definition) is 19. The van der Waals surface area contributed by atoms with E-state index < -0.39 is 0 Å². The van der Waals surface area contributed by atoms with Crippen LogP contribution in [0.4, 0.5) is 28.7 Å². The molecule has 16 rings (SSSR count). The van der Waals surface area contributed by atoms with Gasteiger partial charge in [-0.25, -0.2) is 30.6 Å². The van der Waals surface area contributed by atoms with E-state index in [1.165, 1.54) is 43.5 Å². The number of benzene rings is 9. The van der Waals surface area contributed by atoms with Crippen molar-refractivity contribution in [1.29, 1.82) is 0 Å². The number of pyridine rings is 1. The molecule has 0 aliphatic heterocycles. The molecule has 6 heterocycles. The topological polar surface area (TPSA) is 278 Å². The van der Waals surface area contributed by atoms with Crippen LogP contribution in [0.1, 0.15) is 198 Å². The van der Waals surface area contributed by atoms with Gasteiger partial charge in [0.25, 0.3) is 5.91 Å². The van der Waals surface area contributed by atoms with E-state index in [4.69, 9.17) is 32.3 Å². The van der Waals surface area contributed by atoms with Crippen molar-refractivity contribution in [2.45, 2.75) is 159 Å². The molecule has 0 spiro atoms. The first-order chi connectivity index (χ1) is 60.8. The van der Waals surface area contributed by atoms with Crippen molar-refractivity contribution in [2.24, 2.45) is 5.92 Å². The first-order valence-corrected chi connectivity index (χ1v) is 41.3. The minimum Gasteiger partial charge on any atom is -0.514 e. The average Bonchev–Trinajstić information content (AvgIpc) is 1.50. The molecule has 1 saturated carbocycles. The molecule has 0 atom stereocenters. The van der Waals surface area contributed by atoms with Gasteiger partial charge in [-0.05, 0) is 179 Å². The Balaban J connectivity index is 0.000000324. The fourth-order valence-corrected chi connectivity index (χ4v) is 11.1. The summed E-state index contributed by atoms with van der Waals surface area (Å²) in [5, 5.41) is 22.5. The molecule has 0 radical (unpaired) electrons. The number of carbonyl (C=O) groups excluding carboxylic acids is 4. The zero-order valence-electron chi connectivity index (χ0n) is 78.7. The number of hydrogen-bond donors (Lipinski definition) is 3. The van der Waals surface area contributed by atoms with Crippen molar-refractivity contribution in [2.75, 3.05) is 34.5 Å². The van der Waals surface area contributed by atoms with Gasteiger partial charge >= 0.3 is 206 Å². The third-order valence-electron chi connectivity index (χ3n) is 18.7. The van der Waals surface area contributed by atoms with E-state index in [0.29, 0.717) is 52.1 Å². The van der Waals surface area contributed by atoms with Crippen molar-refractivity contribution in [1.82, 2.24) is 35.6 Å². The maximum Gasteiger partial charge on any atom is 1.00 e. The first kappa shape index (κ1) is 116. The molecule has 664 valence electrons. The molecule has 1 fully saturated rings. The number of amides is 3. The van der Waals surface area contributed by atoms with Crippen molar-refractivity contribution in [3.8, 4) is 34.1 Å². The smallest absolute Gasteiger partial charge is 0.514 e. The van der Waals surface area contributed by atoms with E-state index in [-0.39, 0.29) is 258 Å². The van der Waals surface area contributed by atoms with E-state index in [9.17, 15) is 19.2 Å². The molecule has 6 aromatic heterocycles. The van der Waals surface area contributed by atoms with Gasteiger partial charge in [0.05, 0.1) is 6.61 Å². The van der Waals surface area contributed by atoms with Crippen LogP contribution in [0, 0.1) is 68.8 Å². The summed E-state index contributed by atoms with van der Waals surface area (Å²) in [6.45, 7) is 31.6. The van der Waals surface area contributed by atoms with Gasteiger partial charge in [0.2, 0.25) is 17.8 Å². The number of anilines is 5. The zero-order chi connectivity index (χ0) is 91.2. The molecule has 3 amide bonds. The van der Waals surface area contributed by atoms with Crippen molar-refractivity contribution >= 4 is 52.2 Å². The largest absolute Gasteiger partial charge is 1.00 e. The molecule has 0 unspecified atom stereocenters. The molecule has 9 aromatic carbocycles. The van der Waals surface area contributed by atoms with Gasteiger partial charge in [-0.1, -0.05) is 168 Å². The molecule has 1 aliphatic carbocycles. The Morgan fingerprint density at radius 2 is 0.795 bits per heavy atom. The maximum atomic E-state index is 12.3. The average molecular weight is 1870 g/mol. The van der Waals surface area contributed by atoms with Crippen LogP contribution in [0.5, 0.6) is 23.0 Å². The number of nitrogens with one attached hydrogen (secondary N) is 3. The number of Topliss-reactive ketones (excluding diaryl/α,β-unsaturated/α-hetero) is 1. The van der Waals surface area contributed by atoms with Gasteiger partial charge in [0.1, 0.15) is 29.5 Å². The monoisotopic (exact) mass is 1870 g/mol. The molecular formula is C106H111K4N11O11-4. The second-order valence-corrected chi connectivity index (χ2v) is 33.3. The Morgan fingerprint density at radius 3 is 1.17 bits per heavy atom. The number of ether oxygens (including phenoxy) is 3. The van der Waals surface area contributed by atoms with E-state index in [1.807, 2.05) is 98.6 Å². The number of aromatic nitrogens is 7. The third kappa shape index (κ3) is 42.0. The Morgan fingerprint density at radius 1 is 0.424 bits per heavy atom. The Kier molecular flexibility index (Phi) is 52.5. The van der Waals surface area contributed by atoms with E-state index >= 15 is 0 Å². The normalized spacial score (nSPS) is 10.9. The first-order valence-electron chi connectivity index (χ1n) is 41.3. The van der Waals surface area contributed by atoms with Crippen LogP contribution in [0.2, 0.25) is 0 Å². The van der Waals surface area contributed by atoms with Gasteiger partial charge < -0.3 is 53.2 Å². The summed E-state index contributed by atoms with van der Waals surface area (Å²) in [6, 6.07) is 93.0. The molecule has 15 aromatic rings. The standard InChI is InChI=1S/C20H19N4O.C20H15N2O3.C19H15O.C18H18NO2.4C7H10NO.CH4.4K/c1-14-13-15(2)22-20(21-14)24(3)18-11-9-16(10-12-18)19(25)23-17-7-5-4-6-8-17;1-14(23)19-13-18(11-12-21-19)25-17-9-7-16(8-10-17)22-20(24)15-5-3-2-4-6-15;1-3-7-17(8-4-1)18-13-11-16(12-14-18)15-20-19-9-5-2-6-10-19;20-18(15-7-2-1-3-8-15)19-16-9-11-17(12-10-16)21-13-14-5-4-6-14;4*1-7(2,3)6-4-5-8-9-6;;;;;/h5-13H,1-3H3,(H,23,25);3-13H,1H3,(H,22,24);1,3-14H,15H2;2-3,7-12,14H,4-6,13H2,(H,19,20);4*4H,1-3H3;1H4;;;;/q8*-1;;4*+1. The third-order valence-corrected chi connectivity index (χ3v) is 18.7. The molecular weight excluding hydrogens is 1760 g/mol. The van der Waals surface area contributed by atoms with Crippen molar-refractivity contribution in [3.63, 3.8) is 0 Å². The summed E-state index contributed by atoms with van der Waals surface area (Å²) in [6.07, 6.45) is 15.9. The maximum absolute atomic E-state index is 12.3. The number of carbonyl (C=O) groups is 4. The van der Waals surface area contributed by atoms with E-state index in [2.05, 4.69) is 232 Å². The molecule has 22 nitrogen and oxygen atoms in total. The Labute approximate surface area is 948 Å². The van der Waals surface area contributed by atoms with Gasteiger partial charge in [-0.15, -0.1) is 49.1 Å². The van der Waals surface area contributed by atoms with Gasteiger partial charge in [0.15, 0.2) is 5.78 Å². The van der Waals surface area contributed by atoms with E-state index in [0.717, 1.165) is 81.1 Å². The molecule has 26 heteroatoms. The van der Waals surface area contributed by atoms with Gasteiger partial charge in [-0.2, -0.15) is 121 Å². The fourth-order valence-electron chi connectivity index (χ4n) is 11.1.